The van der Waals surface area contributed by atoms with Gasteiger partial charge >= 0.3 is 6.03 Å². The van der Waals surface area contributed by atoms with Crippen LogP contribution in [0.2, 0.25) is 0 Å². The van der Waals surface area contributed by atoms with Crippen LogP contribution in [-0.4, -0.2) is 44.3 Å². The fraction of sp³-hybridized carbons (Fsp3) is 0.800. The molecule has 0 aromatic heterocycles. The van der Waals surface area contributed by atoms with E-state index in [0.29, 0.717) is 13.2 Å². The number of ether oxygens (including phenoxy) is 1. The van der Waals surface area contributed by atoms with Crippen molar-refractivity contribution in [2.24, 2.45) is 0 Å². The lowest BCUT2D eigenvalue weighted by Crippen LogP contribution is -2.48. The van der Waals surface area contributed by atoms with Crippen molar-refractivity contribution < 1.29 is 14.3 Å². The number of rotatable bonds is 6. The van der Waals surface area contributed by atoms with E-state index in [1.54, 1.807) is 6.92 Å². The van der Waals surface area contributed by atoms with Crippen molar-refractivity contribution in [3.63, 3.8) is 0 Å². The van der Waals surface area contributed by atoms with Gasteiger partial charge in [-0.3, -0.25) is 10.1 Å². The third-order valence-electron chi connectivity index (χ3n) is 1.86. The predicted octanol–water partition coefficient (Wildman–Crippen LogP) is -0.155. The molecule has 0 rings (SSSR count). The first-order valence-electron chi connectivity index (χ1n) is 5.35. The number of urea groups is 1. The van der Waals surface area contributed by atoms with E-state index in [0.717, 1.165) is 0 Å². The minimum atomic E-state index is -0.503. The zero-order valence-corrected chi connectivity index (χ0v) is 10.3. The maximum absolute atomic E-state index is 11.4. The van der Waals surface area contributed by atoms with Gasteiger partial charge in [0, 0.05) is 13.6 Å². The molecule has 0 fully saturated rings. The average molecular weight is 231 g/mol. The summed E-state index contributed by atoms with van der Waals surface area (Å²) in [6.45, 7) is 6.69. The fourth-order valence-electron chi connectivity index (χ4n) is 0.945. The third kappa shape index (κ3) is 7.19. The number of imide groups is 1. The van der Waals surface area contributed by atoms with Gasteiger partial charge in [0.15, 0.2) is 0 Å². The minimum Gasteiger partial charge on any atom is -0.377 e. The van der Waals surface area contributed by atoms with Crippen LogP contribution in [0.5, 0.6) is 0 Å². The molecule has 0 saturated heterocycles. The van der Waals surface area contributed by atoms with Crippen molar-refractivity contribution in [2.45, 2.75) is 32.9 Å². The SMILES string of the molecule is CNC(=O)NC(=O)C(C)NCCOC(C)C. The molecule has 0 aliphatic carbocycles. The summed E-state index contributed by atoms with van der Waals surface area (Å²) < 4.78 is 5.30. The Morgan fingerprint density at radius 1 is 1.25 bits per heavy atom. The van der Waals surface area contributed by atoms with Crippen LogP contribution in [0, 0.1) is 0 Å². The van der Waals surface area contributed by atoms with Crippen LogP contribution in [0.4, 0.5) is 4.79 Å². The Labute approximate surface area is 96.1 Å². The van der Waals surface area contributed by atoms with Crippen LogP contribution in [0.15, 0.2) is 0 Å². The van der Waals surface area contributed by atoms with Crippen molar-refractivity contribution in [2.75, 3.05) is 20.2 Å². The van der Waals surface area contributed by atoms with E-state index in [-0.39, 0.29) is 12.0 Å². The van der Waals surface area contributed by atoms with Gasteiger partial charge < -0.3 is 15.4 Å². The first-order valence-corrected chi connectivity index (χ1v) is 5.35. The Morgan fingerprint density at radius 2 is 1.88 bits per heavy atom. The number of carbonyl (C=O) groups excluding carboxylic acids is 2. The Bertz CT molecular complexity index is 231. The Hall–Kier alpha value is -1.14. The lowest BCUT2D eigenvalue weighted by Gasteiger charge is -2.14. The van der Waals surface area contributed by atoms with Crippen LogP contribution in [0.3, 0.4) is 0 Å². The van der Waals surface area contributed by atoms with E-state index in [1.165, 1.54) is 7.05 Å². The highest BCUT2D eigenvalue weighted by atomic mass is 16.5. The molecule has 6 nitrogen and oxygen atoms in total. The van der Waals surface area contributed by atoms with Crippen LogP contribution in [0.1, 0.15) is 20.8 Å². The van der Waals surface area contributed by atoms with Gasteiger partial charge in [-0.1, -0.05) is 0 Å². The van der Waals surface area contributed by atoms with Gasteiger partial charge in [0.05, 0.1) is 18.8 Å². The number of hydrogen-bond acceptors (Lipinski definition) is 4. The van der Waals surface area contributed by atoms with Crippen LogP contribution in [-0.2, 0) is 9.53 Å². The molecule has 0 heterocycles. The highest BCUT2D eigenvalue weighted by Crippen LogP contribution is 1.87. The molecule has 0 bridgehead atoms. The molecule has 0 aliphatic rings. The maximum Gasteiger partial charge on any atom is 0.321 e. The molecular formula is C10H21N3O3. The van der Waals surface area contributed by atoms with Gasteiger partial charge in [-0.15, -0.1) is 0 Å². The number of carbonyl (C=O) groups is 2. The molecule has 0 aromatic rings. The Balaban J connectivity index is 3.67. The molecule has 0 saturated carbocycles. The third-order valence-corrected chi connectivity index (χ3v) is 1.86. The molecule has 0 aromatic carbocycles. The van der Waals surface area contributed by atoms with Gasteiger partial charge in [0.1, 0.15) is 0 Å². The van der Waals surface area contributed by atoms with E-state index in [1.807, 2.05) is 13.8 Å². The smallest absolute Gasteiger partial charge is 0.321 e. The fourth-order valence-corrected chi connectivity index (χ4v) is 0.945. The second-order valence-corrected chi connectivity index (χ2v) is 3.66. The molecule has 0 radical (unpaired) electrons. The Kier molecular flexibility index (Phi) is 7.49. The number of amides is 3. The largest absolute Gasteiger partial charge is 0.377 e. The number of nitrogens with one attached hydrogen (secondary N) is 3. The average Bonchev–Trinajstić information content (AvgIpc) is 2.23. The van der Waals surface area contributed by atoms with E-state index < -0.39 is 12.1 Å². The summed E-state index contributed by atoms with van der Waals surface area (Å²) in [5.74, 6) is -0.358. The molecule has 1 atom stereocenters. The molecular weight excluding hydrogens is 210 g/mol. The van der Waals surface area contributed by atoms with E-state index in [4.69, 9.17) is 4.74 Å². The van der Waals surface area contributed by atoms with E-state index >= 15 is 0 Å². The normalized spacial score (nSPS) is 12.3. The van der Waals surface area contributed by atoms with E-state index in [9.17, 15) is 9.59 Å². The lowest BCUT2D eigenvalue weighted by atomic mass is 10.3. The molecule has 6 heteroatoms. The number of hydrogen-bond donors (Lipinski definition) is 3. The van der Waals surface area contributed by atoms with Crippen molar-refractivity contribution in [3.05, 3.63) is 0 Å². The monoisotopic (exact) mass is 231 g/mol. The molecule has 3 N–H and O–H groups in total. The summed E-state index contributed by atoms with van der Waals surface area (Å²) in [4.78, 5) is 22.2. The van der Waals surface area contributed by atoms with Gasteiger partial charge in [0.25, 0.3) is 0 Å². The minimum absolute atomic E-state index is 0.178. The van der Waals surface area contributed by atoms with Gasteiger partial charge in [-0.2, -0.15) is 0 Å². The molecule has 3 amide bonds. The van der Waals surface area contributed by atoms with Crippen molar-refractivity contribution in [1.82, 2.24) is 16.0 Å². The maximum atomic E-state index is 11.4. The summed E-state index contributed by atoms with van der Waals surface area (Å²) in [7, 11) is 1.46. The van der Waals surface area contributed by atoms with Gasteiger partial charge in [-0.25, -0.2) is 4.79 Å². The first kappa shape index (κ1) is 14.9. The summed E-state index contributed by atoms with van der Waals surface area (Å²) in [5.41, 5.74) is 0. The second-order valence-electron chi connectivity index (χ2n) is 3.66. The summed E-state index contributed by atoms with van der Waals surface area (Å²) in [6, 6.07) is -0.926. The highest BCUT2D eigenvalue weighted by Gasteiger charge is 2.13. The summed E-state index contributed by atoms with van der Waals surface area (Å²) in [5, 5.41) is 7.45. The zero-order chi connectivity index (χ0) is 12.6. The second kappa shape index (κ2) is 8.06. The molecule has 0 spiro atoms. The zero-order valence-electron chi connectivity index (χ0n) is 10.3. The lowest BCUT2D eigenvalue weighted by molar-refractivity contribution is -0.121. The van der Waals surface area contributed by atoms with E-state index in [2.05, 4.69) is 16.0 Å². The quantitative estimate of drug-likeness (QED) is 0.555. The van der Waals surface area contributed by atoms with Crippen molar-refractivity contribution >= 4 is 11.9 Å². The molecule has 0 aliphatic heterocycles. The topological polar surface area (TPSA) is 79.5 Å². The molecule has 16 heavy (non-hydrogen) atoms. The first-order chi connectivity index (χ1) is 7.47. The summed E-state index contributed by atoms with van der Waals surface area (Å²) >= 11 is 0. The van der Waals surface area contributed by atoms with Crippen LogP contribution < -0.4 is 16.0 Å². The standard InChI is InChI=1S/C10H21N3O3/c1-7(2)16-6-5-12-8(3)9(14)13-10(15)11-4/h7-8,12H,5-6H2,1-4H3,(H2,11,13,14,15). The Morgan fingerprint density at radius 3 is 2.38 bits per heavy atom. The molecule has 94 valence electrons. The van der Waals surface area contributed by atoms with Crippen LogP contribution >= 0.6 is 0 Å². The van der Waals surface area contributed by atoms with Crippen molar-refractivity contribution in [1.29, 1.82) is 0 Å². The van der Waals surface area contributed by atoms with Gasteiger partial charge in [-0.05, 0) is 20.8 Å². The van der Waals surface area contributed by atoms with Crippen molar-refractivity contribution in [3.8, 4) is 0 Å². The predicted molar refractivity (Wildman–Crippen MR) is 61.2 cm³/mol. The highest BCUT2D eigenvalue weighted by molar-refractivity contribution is 5.96. The summed E-state index contributed by atoms with van der Waals surface area (Å²) in [6.07, 6.45) is 0.178. The molecule has 1 unspecified atom stereocenters. The van der Waals surface area contributed by atoms with Crippen LogP contribution in [0.25, 0.3) is 0 Å². The van der Waals surface area contributed by atoms with Gasteiger partial charge in [0.2, 0.25) is 5.91 Å².